The first kappa shape index (κ1) is 19.1. The van der Waals surface area contributed by atoms with Crippen molar-refractivity contribution >= 4 is 5.97 Å². The molecule has 29 heavy (non-hydrogen) atoms. The number of rotatable bonds is 8. The van der Waals surface area contributed by atoms with Gasteiger partial charge in [-0.3, -0.25) is 4.79 Å². The molecular weight excluding hydrogens is 364 g/mol. The largest absolute Gasteiger partial charge is 0.485 e. The number of carboxylic acid groups (broad SMARTS) is 1. The van der Waals surface area contributed by atoms with E-state index in [2.05, 4.69) is 0 Å². The highest BCUT2D eigenvalue weighted by molar-refractivity contribution is 5.84. The van der Waals surface area contributed by atoms with Gasteiger partial charge in [-0.05, 0) is 30.0 Å². The van der Waals surface area contributed by atoms with Crippen molar-refractivity contribution < 1.29 is 19.4 Å². The lowest BCUT2D eigenvalue weighted by Gasteiger charge is -2.39. The Balaban J connectivity index is 1.66. The molecule has 148 valence electrons. The number of ether oxygens (including phenoxy) is 2. The van der Waals surface area contributed by atoms with Gasteiger partial charge in [0.2, 0.25) is 0 Å². The highest BCUT2D eigenvalue weighted by Gasteiger charge is 2.48. The highest BCUT2D eigenvalue weighted by Crippen LogP contribution is 2.50. The second kappa shape index (κ2) is 8.39. The van der Waals surface area contributed by atoms with Crippen LogP contribution in [0.1, 0.15) is 36.0 Å². The maximum Gasteiger partial charge on any atom is 0.314 e. The summed E-state index contributed by atoms with van der Waals surface area (Å²) in [5, 5.41) is 9.95. The molecule has 1 aliphatic carbocycles. The lowest BCUT2D eigenvalue weighted by atomic mass is 9.64. The van der Waals surface area contributed by atoms with Gasteiger partial charge in [0.25, 0.3) is 0 Å². The molecule has 0 amide bonds. The first-order chi connectivity index (χ1) is 14.2. The first-order valence-corrected chi connectivity index (χ1v) is 9.89. The minimum Gasteiger partial charge on any atom is -0.485 e. The third-order valence-electron chi connectivity index (χ3n) is 5.57. The van der Waals surface area contributed by atoms with E-state index >= 15 is 0 Å². The normalized spacial score (nSPS) is 14.6. The van der Waals surface area contributed by atoms with E-state index in [1.807, 2.05) is 78.9 Å². The van der Waals surface area contributed by atoms with E-state index in [1.54, 1.807) is 0 Å². The molecule has 4 heteroatoms. The zero-order valence-electron chi connectivity index (χ0n) is 16.2. The average molecular weight is 388 g/mol. The number of hydrogen-bond donors (Lipinski definition) is 1. The molecule has 1 saturated carbocycles. The second-order valence-corrected chi connectivity index (χ2v) is 7.42. The predicted octanol–water partition coefficient (Wildman–Crippen LogP) is 5.35. The molecule has 4 rings (SSSR count). The summed E-state index contributed by atoms with van der Waals surface area (Å²) in [5.41, 5.74) is 1.88. The van der Waals surface area contributed by atoms with Gasteiger partial charge in [-0.1, -0.05) is 79.2 Å². The molecule has 1 fully saturated rings. The van der Waals surface area contributed by atoms with Gasteiger partial charge in [0.1, 0.15) is 13.2 Å². The zero-order chi connectivity index (χ0) is 20.1. The van der Waals surface area contributed by atoms with E-state index in [1.165, 1.54) is 0 Å². The molecule has 0 saturated heterocycles. The van der Waals surface area contributed by atoms with Crippen LogP contribution in [0.5, 0.6) is 11.5 Å². The molecule has 3 aromatic carbocycles. The SMILES string of the molecule is O=C(O)C1(c2cccc(OCc3ccccc3)c2OCc2ccccc2)CCC1. The molecule has 0 unspecified atom stereocenters. The molecular formula is C25H24O4. The van der Waals surface area contributed by atoms with Crippen LogP contribution in [0.25, 0.3) is 0 Å². The number of hydrogen-bond acceptors (Lipinski definition) is 3. The monoisotopic (exact) mass is 388 g/mol. The van der Waals surface area contributed by atoms with Gasteiger partial charge < -0.3 is 14.6 Å². The van der Waals surface area contributed by atoms with Gasteiger partial charge in [-0.25, -0.2) is 0 Å². The minimum absolute atomic E-state index is 0.356. The summed E-state index contributed by atoms with van der Waals surface area (Å²) in [6.45, 7) is 0.751. The Morgan fingerprint density at radius 2 is 1.38 bits per heavy atom. The van der Waals surface area contributed by atoms with Crippen molar-refractivity contribution in [2.24, 2.45) is 0 Å². The van der Waals surface area contributed by atoms with Crippen molar-refractivity contribution in [1.29, 1.82) is 0 Å². The van der Waals surface area contributed by atoms with Crippen molar-refractivity contribution in [1.82, 2.24) is 0 Å². The molecule has 0 aliphatic heterocycles. The highest BCUT2D eigenvalue weighted by atomic mass is 16.5. The van der Waals surface area contributed by atoms with E-state index in [4.69, 9.17) is 9.47 Å². The van der Waals surface area contributed by atoms with Gasteiger partial charge in [0.05, 0.1) is 5.41 Å². The molecule has 1 N–H and O–H groups in total. The Labute approximate surface area is 170 Å². The molecule has 0 spiro atoms. The van der Waals surface area contributed by atoms with Gasteiger partial charge >= 0.3 is 5.97 Å². The smallest absolute Gasteiger partial charge is 0.314 e. The summed E-state index contributed by atoms with van der Waals surface area (Å²) in [6.07, 6.45) is 2.14. The summed E-state index contributed by atoms with van der Waals surface area (Å²) < 4.78 is 12.3. The lowest BCUT2D eigenvalue weighted by molar-refractivity contribution is -0.147. The van der Waals surface area contributed by atoms with Gasteiger partial charge in [0, 0.05) is 5.56 Å². The molecule has 1 aliphatic rings. The maximum atomic E-state index is 12.1. The maximum absolute atomic E-state index is 12.1. The Morgan fingerprint density at radius 3 is 1.90 bits per heavy atom. The molecule has 3 aromatic rings. The number of para-hydroxylation sites is 1. The van der Waals surface area contributed by atoms with Crippen LogP contribution in [0.2, 0.25) is 0 Å². The van der Waals surface area contributed by atoms with Crippen LogP contribution in [0.4, 0.5) is 0 Å². The molecule has 0 bridgehead atoms. The summed E-state index contributed by atoms with van der Waals surface area (Å²) in [6, 6.07) is 25.3. The minimum atomic E-state index is -0.891. The summed E-state index contributed by atoms with van der Waals surface area (Å²) >= 11 is 0. The molecule has 0 aromatic heterocycles. The van der Waals surface area contributed by atoms with Crippen molar-refractivity contribution in [3.63, 3.8) is 0 Å². The number of benzene rings is 3. The fraction of sp³-hybridized carbons (Fsp3) is 0.240. The Morgan fingerprint density at radius 1 is 0.793 bits per heavy atom. The van der Waals surface area contributed by atoms with Crippen LogP contribution in [-0.2, 0) is 23.4 Å². The second-order valence-electron chi connectivity index (χ2n) is 7.42. The summed E-state index contributed by atoms with van der Waals surface area (Å²) in [4.78, 5) is 12.1. The standard InChI is InChI=1S/C25H24O4/c26-24(27)25(15-8-16-25)21-13-7-14-22(28-17-19-9-3-1-4-10-19)23(21)29-18-20-11-5-2-6-12-20/h1-7,9-14H,8,15-18H2,(H,26,27). The third kappa shape index (κ3) is 3.97. The molecule has 0 heterocycles. The number of carbonyl (C=O) groups is 1. The molecule has 0 radical (unpaired) electrons. The third-order valence-corrected chi connectivity index (χ3v) is 5.57. The van der Waals surface area contributed by atoms with Gasteiger partial charge in [0.15, 0.2) is 11.5 Å². The van der Waals surface area contributed by atoms with E-state index < -0.39 is 11.4 Å². The average Bonchev–Trinajstić information content (AvgIpc) is 2.72. The van der Waals surface area contributed by atoms with Crippen LogP contribution in [0.3, 0.4) is 0 Å². The molecule has 0 atom stereocenters. The Kier molecular flexibility index (Phi) is 5.52. The van der Waals surface area contributed by atoms with E-state index in [-0.39, 0.29) is 0 Å². The van der Waals surface area contributed by atoms with Crippen molar-refractivity contribution in [3.8, 4) is 11.5 Å². The van der Waals surface area contributed by atoms with Crippen LogP contribution in [0, 0.1) is 0 Å². The number of aliphatic carboxylic acids is 1. The van der Waals surface area contributed by atoms with E-state index in [0.717, 1.165) is 17.5 Å². The fourth-order valence-corrected chi connectivity index (χ4v) is 3.75. The summed E-state index contributed by atoms with van der Waals surface area (Å²) in [5.74, 6) is 0.317. The van der Waals surface area contributed by atoms with E-state index in [0.29, 0.717) is 43.1 Å². The fourth-order valence-electron chi connectivity index (χ4n) is 3.75. The van der Waals surface area contributed by atoms with Crippen molar-refractivity contribution in [3.05, 3.63) is 95.6 Å². The van der Waals surface area contributed by atoms with Crippen molar-refractivity contribution in [2.75, 3.05) is 0 Å². The van der Waals surface area contributed by atoms with Gasteiger partial charge in [-0.2, -0.15) is 0 Å². The quantitative estimate of drug-likeness (QED) is 0.565. The molecule has 4 nitrogen and oxygen atoms in total. The van der Waals surface area contributed by atoms with E-state index in [9.17, 15) is 9.90 Å². The summed E-state index contributed by atoms with van der Waals surface area (Å²) in [7, 11) is 0. The topological polar surface area (TPSA) is 55.8 Å². The van der Waals surface area contributed by atoms with Crippen LogP contribution in [0.15, 0.2) is 78.9 Å². The van der Waals surface area contributed by atoms with Gasteiger partial charge in [-0.15, -0.1) is 0 Å². The zero-order valence-corrected chi connectivity index (χ0v) is 16.2. The predicted molar refractivity (Wildman–Crippen MR) is 111 cm³/mol. The van der Waals surface area contributed by atoms with Crippen LogP contribution < -0.4 is 9.47 Å². The van der Waals surface area contributed by atoms with Crippen LogP contribution >= 0.6 is 0 Å². The van der Waals surface area contributed by atoms with Crippen molar-refractivity contribution in [2.45, 2.75) is 37.9 Å². The number of carboxylic acids is 1. The Hall–Kier alpha value is -3.27. The Bertz CT molecular complexity index is 963. The first-order valence-electron chi connectivity index (χ1n) is 9.89. The van der Waals surface area contributed by atoms with Crippen LogP contribution in [-0.4, -0.2) is 11.1 Å². The lowest BCUT2D eigenvalue weighted by Crippen LogP contribution is -2.42.